The van der Waals surface area contributed by atoms with Crippen LogP contribution in [0.25, 0.3) is 0 Å². The summed E-state index contributed by atoms with van der Waals surface area (Å²) in [4.78, 5) is 13.4. The van der Waals surface area contributed by atoms with Gasteiger partial charge in [-0.05, 0) is 58.0 Å². The summed E-state index contributed by atoms with van der Waals surface area (Å²) in [5, 5.41) is 10.7. The summed E-state index contributed by atoms with van der Waals surface area (Å²) >= 11 is 2.27. The Morgan fingerprint density at radius 1 is 0.774 bits per heavy atom. The fourth-order valence-corrected chi connectivity index (χ4v) is 3.31. The number of nitrogens with one attached hydrogen (secondary N) is 3. The quantitative estimate of drug-likeness (QED) is 0.166. The van der Waals surface area contributed by atoms with E-state index < -0.39 is 0 Å². The largest absolute Gasteiger partial charge is 0.350 e. The van der Waals surface area contributed by atoms with Gasteiger partial charge in [-0.3, -0.25) is 0 Å². The average Bonchev–Trinajstić information content (AvgIpc) is 2.79. The maximum Gasteiger partial charge on any atom is 0.250 e. The average molecular weight is 521 g/mol. The number of halogens is 1. The van der Waals surface area contributed by atoms with E-state index >= 15 is 0 Å². The molecule has 0 aliphatic rings. The molecule has 1 heterocycles. The Bertz CT molecular complexity index is 1150. The number of anilines is 4. The van der Waals surface area contributed by atoms with E-state index in [1.807, 2.05) is 84.9 Å². The number of hydrazone groups is 1. The summed E-state index contributed by atoms with van der Waals surface area (Å²) in [6.07, 6.45) is 1.73. The predicted molar refractivity (Wildman–Crippen MR) is 134 cm³/mol. The van der Waals surface area contributed by atoms with Gasteiger partial charge in [0.25, 0.3) is 0 Å². The van der Waals surface area contributed by atoms with Gasteiger partial charge in [-0.1, -0.05) is 60.7 Å². The van der Waals surface area contributed by atoms with Gasteiger partial charge in [-0.2, -0.15) is 20.1 Å². The Hall–Kier alpha value is -3.53. The maximum absolute atomic E-state index is 4.48. The van der Waals surface area contributed by atoms with Crippen molar-refractivity contribution in [3.05, 3.63) is 99.6 Å². The Morgan fingerprint density at radius 2 is 1.48 bits per heavy atom. The van der Waals surface area contributed by atoms with E-state index in [4.69, 9.17) is 0 Å². The lowest BCUT2D eigenvalue weighted by Crippen LogP contribution is -2.09. The molecule has 4 rings (SSSR count). The highest BCUT2D eigenvalue weighted by molar-refractivity contribution is 14.1. The first-order valence-corrected chi connectivity index (χ1v) is 10.7. The van der Waals surface area contributed by atoms with Crippen molar-refractivity contribution in [2.75, 3.05) is 16.1 Å². The molecule has 154 valence electrons. The van der Waals surface area contributed by atoms with Crippen LogP contribution < -0.4 is 16.1 Å². The molecule has 0 fully saturated rings. The summed E-state index contributed by atoms with van der Waals surface area (Å²) in [6, 6.07) is 27.9. The zero-order valence-corrected chi connectivity index (χ0v) is 18.7. The third-order valence-electron chi connectivity index (χ3n) is 4.19. The summed E-state index contributed by atoms with van der Waals surface area (Å²) < 4.78 is 1.14. The summed E-state index contributed by atoms with van der Waals surface area (Å²) in [5.74, 6) is 1.21. The standard InChI is InChI=1S/C23H20IN7/c24-19-11-7-10-18(14-19)16-26-31-23-29-21(25-15-17-8-3-1-4-9-17)28-22(30-23)27-20-12-5-2-6-13-20/h1-14,16H,15H2,(H3,25,27,28,29,30,31). The van der Waals surface area contributed by atoms with Gasteiger partial charge in [0.05, 0.1) is 6.21 Å². The smallest absolute Gasteiger partial charge is 0.250 e. The molecule has 0 unspecified atom stereocenters. The summed E-state index contributed by atoms with van der Waals surface area (Å²) in [5.41, 5.74) is 5.90. The molecule has 1 aromatic heterocycles. The van der Waals surface area contributed by atoms with Gasteiger partial charge in [-0.15, -0.1) is 0 Å². The van der Waals surface area contributed by atoms with Crippen molar-refractivity contribution in [1.29, 1.82) is 0 Å². The zero-order valence-electron chi connectivity index (χ0n) is 16.5. The number of hydrogen-bond acceptors (Lipinski definition) is 7. The van der Waals surface area contributed by atoms with Gasteiger partial charge in [0.1, 0.15) is 0 Å². The highest BCUT2D eigenvalue weighted by Crippen LogP contribution is 2.16. The van der Waals surface area contributed by atoms with E-state index in [-0.39, 0.29) is 0 Å². The number of benzene rings is 3. The molecule has 7 nitrogen and oxygen atoms in total. The molecule has 0 radical (unpaired) electrons. The van der Waals surface area contributed by atoms with Crippen molar-refractivity contribution < 1.29 is 0 Å². The highest BCUT2D eigenvalue weighted by atomic mass is 127. The first-order valence-electron chi connectivity index (χ1n) is 9.65. The molecule has 3 aromatic carbocycles. The van der Waals surface area contributed by atoms with Crippen LogP contribution >= 0.6 is 22.6 Å². The minimum atomic E-state index is 0.339. The lowest BCUT2D eigenvalue weighted by Gasteiger charge is -2.10. The highest BCUT2D eigenvalue weighted by Gasteiger charge is 2.07. The topological polar surface area (TPSA) is 87.1 Å². The van der Waals surface area contributed by atoms with E-state index in [9.17, 15) is 0 Å². The van der Waals surface area contributed by atoms with Gasteiger partial charge in [0.2, 0.25) is 17.8 Å². The SMILES string of the molecule is Ic1cccc(C=NNc2nc(NCc3ccccc3)nc(Nc3ccccc3)n2)c1. The summed E-state index contributed by atoms with van der Waals surface area (Å²) in [7, 11) is 0. The van der Waals surface area contributed by atoms with Gasteiger partial charge >= 0.3 is 0 Å². The lowest BCUT2D eigenvalue weighted by molar-refractivity contribution is 0.999. The Labute approximate surface area is 194 Å². The molecule has 8 heteroatoms. The third-order valence-corrected chi connectivity index (χ3v) is 4.86. The van der Waals surface area contributed by atoms with E-state index in [1.54, 1.807) is 6.21 Å². The predicted octanol–water partition coefficient (Wildman–Crippen LogP) is 5.28. The third kappa shape index (κ3) is 6.48. The van der Waals surface area contributed by atoms with E-state index in [0.717, 1.165) is 20.4 Å². The number of hydrogen-bond donors (Lipinski definition) is 3. The second kappa shape index (κ2) is 10.5. The Balaban J connectivity index is 1.52. The minimum absolute atomic E-state index is 0.339. The van der Waals surface area contributed by atoms with E-state index in [2.05, 4.69) is 58.7 Å². The van der Waals surface area contributed by atoms with Gasteiger partial charge < -0.3 is 10.6 Å². The van der Waals surface area contributed by atoms with Crippen LogP contribution in [-0.4, -0.2) is 21.2 Å². The van der Waals surface area contributed by atoms with Crippen LogP contribution in [-0.2, 0) is 6.54 Å². The van der Waals surface area contributed by atoms with Crippen LogP contribution in [0.2, 0.25) is 0 Å². The van der Waals surface area contributed by atoms with Gasteiger partial charge in [0, 0.05) is 15.8 Å². The molecule has 3 N–H and O–H groups in total. The van der Waals surface area contributed by atoms with Crippen molar-refractivity contribution >= 4 is 52.3 Å². The van der Waals surface area contributed by atoms with E-state index in [1.165, 1.54) is 0 Å². The van der Waals surface area contributed by atoms with Crippen LogP contribution in [0.15, 0.2) is 90.0 Å². The van der Waals surface area contributed by atoms with Crippen LogP contribution in [0.4, 0.5) is 23.5 Å². The fourth-order valence-electron chi connectivity index (χ4n) is 2.74. The number of rotatable bonds is 8. The molecule has 0 saturated carbocycles. The molecule has 31 heavy (non-hydrogen) atoms. The first-order chi connectivity index (χ1) is 15.2. The Morgan fingerprint density at radius 3 is 2.26 bits per heavy atom. The molecule has 0 aliphatic heterocycles. The van der Waals surface area contributed by atoms with Crippen molar-refractivity contribution in [3.63, 3.8) is 0 Å². The Kier molecular flexibility index (Phi) is 7.01. The molecule has 0 spiro atoms. The normalized spacial score (nSPS) is 10.7. The fraction of sp³-hybridized carbons (Fsp3) is 0.0435. The molecule has 0 aliphatic carbocycles. The molecule has 0 saturated heterocycles. The van der Waals surface area contributed by atoms with Crippen molar-refractivity contribution in [2.45, 2.75) is 6.54 Å². The lowest BCUT2D eigenvalue weighted by atomic mass is 10.2. The zero-order chi connectivity index (χ0) is 21.3. The van der Waals surface area contributed by atoms with Crippen LogP contribution in [0, 0.1) is 3.57 Å². The second-order valence-electron chi connectivity index (χ2n) is 6.56. The second-order valence-corrected chi connectivity index (χ2v) is 7.81. The molecular weight excluding hydrogens is 501 g/mol. The maximum atomic E-state index is 4.48. The monoisotopic (exact) mass is 521 g/mol. The molecule has 0 amide bonds. The van der Waals surface area contributed by atoms with Crippen molar-refractivity contribution in [1.82, 2.24) is 15.0 Å². The van der Waals surface area contributed by atoms with Crippen LogP contribution in [0.3, 0.4) is 0 Å². The molecule has 4 aromatic rings. The number of aromatic nitrogens is 3. The first kappa shape index (κ1) is 20.7. The van der Waals surface area contributed by atoms with Crippen LogP contribution in [0.1, 0.15) is 11.1 Å². The van der Waals surface area contributed by atoms with Crippen LogP contribution in [0.5, 0.6) is 0 Å². The summed E-state index contributed by atoms with van der Waals surface area (Å²) in [6.45, 7) is 0.598. The van der Waals surface area contributed by atoms with Gasteiger partial charge in [0.15, 0.2) is 0 Å². The number of para-hydroxylation sites is 1. The molecule has 0 bridgehead atoms. The van der Waals surface area contributed by atoms with Gasteiger partial charge in [-0.25, -0.2) is 5.43 Å². The van der Waals surface area contributed by atoms with Crippen molar-refractivity contribution in [2.24, 2.45) is 5.10 Å². The molecular formula is C23H20IN7. The van der Waals surface area contributed by atoms with E-state index in [0.29, 0.717) is 24.4 Å². The molecule has 0 atom stereocenters. The minimum Gasteiger partial charge on any atom is -0.350 e. The van der Waals surface area contributed by atoms with Crippen molar-refractivity contribution in [3.8, 4) is 0 Å². The number of nitrogens with zero attached hydrogens (tertiary/aromatic N) is 4.